The van der Waals surface area contributed by atoms with E-state index in [1.807, 2.05) is 6.20 Å². The minimum absolute atomic E-state index is 0.514. The van der Waals surface area contributed by atoms with Gasteiger partial charge in [-0.2, -0.15) is 0 Å². The first-order valence-corrected chi connectivity index (χ1v) is 7.49. The molecule has 2 atom stereocenters. The van der Waals surface area contributed by atoms with Crippen molar-refractivity contribution in [1.29, 1.82) is 0 Å². The molecule has 0 bridgehead atoms. The van der Waals surface area contributed by atoms with Crippen LogP contribution in [0.25, 0.3) is 0 Å². The molecule has 0 amide bonds. The van der Waals surface area contributed by atoms with Crippen LogP contribution in [0.2, 0.25) is 0 Å². The maximum atomic E-state index is 5.93. The van der Waals surface area contributed by atoms with Gasteiger partial charge in [0.2, 0.25) is 0 Å². The van der Waals surface area contributed by atoms with Crippen LogP contribution < -0.4 is 10.6 Å². The Hall–Kier alpha value is -0.680. The molecule has 1 aliphatic rings. The molecule has 1 aromatic rings. The number of hydrogen-bond acceptors (Lipinski definition) is 4. The number of halogens is 1. The molecular formula is C13H21BrN4. The molecule has 4 nitrogen and oxygen atoms in total. The summed E-state index contributed by atoms with van der Waals surface area (Å²) >= 11 is 3.55. The van der Waals surface area contributed by atoms with E-state index in [1.54, 1.807) is 6.33 Å². The minimum atomic E-state index is 0.514. The SMILES string of the molecule is CCN(c1ncncc1Br)C1CCCCC1CN. The van der Waals surface area contributed by atoms with Crippen LogP contribution in [0.5, 0.6) is 0 Å². The molecular weight excluding hydrogens is 292 g/mol. The van der Waals surface area contributed by atoms with Gasteiger partial charge in [-0.3, -0.25) is 0 Å². The Bertz CT molecular complexity index is 385. The zero-order valence-electron chi connectivity index (χ0n) is 10.8. The average Bonchev–Trinajstić information content (AvgIpc) is 2.42. The molecule has 0 radical (unpaired) electrons. The van der Waals surface area contributed by atoms with Gasteiger partial charge in [0.25, 0.3) is 0 Å². The summed E-state index contributed by atoms with van der Waals surface area (Å²) in [5.41, 5.74) is 5.93. The highest BCUT2D eigenvalue weighted by Crippen LogP contribution is 2.32. The zero-order valence-corrected chi connectivity index (χ0v) is 12.4. The lowest BCUT2D eigenvalue weighted by molar-refractivity contribution is 0.299. The number of nitrogens with zero attached hydrogens (tertiary/aromatic N) is 3. The van der Waals surface area contributed by atoms with Gasteiger partial charge in [0.15, 0.2) is 0 Å². The van der Waals surface area contributed by atoms with E-state index in [0.717, 1.165) is 23.4 Å². The van der Waals surface area contributed by atoms with Crippen molar-refractivity contribution in [3.8, 4) is 0 Å². The van der Waals surface area contributed by atoms with Gasteiger partial charge >= 0.3 is 0 Å². The summed E-state index contributed by atoms with van der Waals surface area (Å²) in [4.78, 5) is 10.8. The second-order valence-electron chi connectivity index (χ2n) is 4.83. The highest BCUT2D eigenvalue weighted by molar-refractivity contribution is 9.10. The Morgan fingerprint density at radius 1 is 1.44 bits per heavy atom. The first-order chi connectivity index (χ1) is 8.77. The summed E-state index contributed by atoms with van der Waals surface area (Å²) in [5.74, 6) is 1.58. The average molecular weight is 313 g/mol. The molecule has 2 N–H and O–H groups in total. The summed E-state index contributed by atoms with van der Waals surface area (Å²) in [6.45, 7) is 3.90. The number of nitrogens with two attached hydrogens (primary N) is 1. The summed E-state index contributed by atoms with van der Waals surface area (Å²) in [6, 6.07) is 0.514. The third kappa shape index (κ3) is 2.83. The Balaban J connectivity index is 2.24. The van der Waals surface area contributed by atoms with Gasteiger partial charge in [0.05, 0.1) is 4.47 Å². The first kappa shape index (κ1) is 13.7. The standard InChI is InChI=1S/C13H21BrN4/c1-2-18(13-11(14)8-16-9-17-13)12-6-4-3-5-10(12)7-15/h8-10,12H,2-7,15H2,1H3. The molecule has 2 rings (SSSR count). The Labute approximate surface area is 117 Å². The second-order valence-corrected chi connectivity index (χ2v) is 5.68. The molecule has 1 heterocycles. The largest absolute Gasteiger partial charge is 0.353 e. The molecule has 0 spiro atoms. The van der Waals surface area contributed by atoms with E-state index in [2.05, 4.69) is 37.7 Å². The summed E-state index contributed by atoms with van der Waals surface area (Å²) in [6.07, 6.45) is 8.47. The van der Waals surface area contributed by atoms with Crippen molar-refractivity contribution in [3.05, 3.63) is 17.0 Å². The van der Waals surface area contributed by atoms with Gasteiger partial charge in [0, 0.05) is 18.8 Å². The van der Waals surface area contributed by atoms with Gasteiger partial charge in [-0.25, -0.2) is 9.97 Å². The predicted molar refractivity (Wildman–Crippen MR) is 77.6 cm³/mol. The topological polar surface area (TPSA) is 55.0 Å². The minimum Gasteiger partial charge on any atom is -0.353 e. The molecule has 5 heteroatoms. The fourth-order valence-corrected chi connectivity index (χ4v) is 3.38. The van der Waals surface area contributed by atoms with Crippen molar-refractivity contribution in [2.45, 2.75) is 38.6 Å². The summed E-state index contributed by atoms with van der Waals surface area (Å²) in [7, 11) is 0. The summed E-state index contributed by atoms with van der Waals surface area (Å²) in [5, 5.41) is 0. The van der Waals surface area contributed by atoms with Crippen molar-refractivity contribution in [2.24, 2.45) is 11.7 Å². The van der Waals surface area contributed by atoms with E-state index in [9.17, 15) is 0 Å². The van der Waals surface area contributed by atoms with Gasteiger partial charge in [-0.15, -0.1) is 0 Å². The van der Waals surface area contributed by atoms with Crippen LogP contribution in [0.15, 0.2) is 17.0 Å². The van der Waals surface area contributed by atoms with Crippen molar-refractivity contribution in [1.82, 2.24) is 9.97 Å². The van der Waals surface area contributed by atoms with E-state index in [4.69, 9.17) is 5.73 Å². The number of rotatable bonds is 4. The highest BCUT2D eigenvalue weighted by atomic mass is 79.9. The Kier molecular flexibility index (Phi) is 4.95. The molecule has 1 aliphatic carbocycles. The number of anilines is 1. The lowest BCUT2D eigenvalue weighted by Crippen LogP contribution is -2.45. The monoisotopic (exact) mass is 312 g/mol. The van der Waals surface area contributed by atoms with E-state index in [0.29, 0.717) is 12.0 Å². The van der Waals surface area contributed by atoms with Crippen molar-refractivity contribution < 1.29 is 0 Å². The van der Waals surface area contributed by atoms with Crippen molar-refractivity contribution in [2.75, 3.05) is 18.0 Å². The summed E-state index contributed by atoms with van der Waals surface area (Å²) < 4.78 is 0.966. The van der Waals surface area contributed by atoms with Gasteiger partial charge in [-0.1, -0.05) is 12.8 Å². The number of hydrogen-bond donors (Lipinski definition) is 1. The molecule has 1 saturated carbocycles. The quantitative estimate of drug-likeness (QED) is 0.928. The number of aromatic nitrogens is 2. The van der Waals surface area contributed by atoms with E-state index >= 15 is 0 Å². The lowest BCUT2D eigenvalue weighted by Gasteiger charge is -2.40. The van der Waals surface area contributed by atoms with E-state index in [-0.39, 0.29) is 0 Å². The normalized spacial score (nSPS) is 23.9. The first-order valence-electron chi connectivity index (χ1n) is 6.70. The highest BCUT2D eigenvalue weighted by Gasteiger charge is 2.30. The molecule has 0 aliphatic heterocycles. The van der Waals surface area contributed by atoms with Crippen LogP contribution >= 0.6 is 15.9 Å². The molecule has 0 aromatic carbocycles. The van der Waals surface area contributed by atoms with E-state index in [1.165, 1.54) is 25.7 Å². The molecule has 2 unspecified atom stereocenters. The van der Waals surface area contributed by atoms with Crippen LogP contribution in [0.3, 0.4) is 0 Å². The molecule has 0 saturated heterocycles. The fourth-order valence-electron chi connectivity index (χ4n) is 2.93. The maximum Gasteiger partial charge on any atom is 0.146 e. The van der Waals surface area contributed by atoms with Gasteiger partial charge in [-0.05, 0) is 48.2 Å². The predicted octanol–water partition coefficient (Wildman–Crippen LogP) is 2.58. The van der Waals surface area contributed by atoms with Crippen LogP contribution in [0.4, 0.5) is 5.82 Å². The lowest BCUT2D eigenvalue weighted by atomic mass is 9.83. The zero-order chi connectivity index (χ0) is 13.0. The van der Waals surface area contributed by atoms with Crippen molar-refractivity contribution >= 4 is 21.7 Å². The fraction of sp³-hybridized carbons (Fsp3) is 0.692. The Morgan fingerprint density at radius 3 is 2.89 bits per heavy atom. The maximum absolute atomic E-state index is 5.93. The molecule has 100 valence electrons. The third-order valence-corrected chi connectivity index (χ3v) is 4.39. The smallest absolute Gasteiger partial charge is 0.146 e. The van der Waals surface area contributed by atoms with Crippen LogP contribution in [0.1, 0.15) is 32.6 Å². The van der Waals surface area contributed by atoms with Gasteiger partial charge < -0.3 is 10.6 Å². The molecule has 1 fully saturated rings. The van der Waals surface area contributed by atoms with Gasteiger partial charge in [0.1, 0.15) is 12.1 Å². The van der Waals surface area contributed by atoms with Crippen molar-refractivity contribution in [3.63, 3.8) is 0 Å². The molecule has 18 heavy (non-hydrogen) atoms. The van der Waals surface area contributed by atoms with E-state index < -0.39 is 0 Å². The second kappa shape index (κ2) is 6.48. The third-order valence-electron chi connectivity index (χ3n) is 3.83. The van der Waals surface area contributed by atoms with Crippen LogP contribution in [-0.4, -0.2) is 29.1 Å². The van der Waals surface area contributed by atoms with Crippen LogP contribution in [0, 0.1) is 5.92 Å². The van der Waals surface area contributed by atoms with Crippen LogP contribution in [-0.2, 0) is 0 Å². The Morgan fingerprint density at radius 2 is 2.22 bits per heavy atom. The molecule has 1 aromatic heterocycles.